The molecule has 1 N–H and O–H groups in total. The van der Waals surface area contributed by atoms with E-state index < -0.39 is 19.9 Å². The zero-order valence-electron chi connectivity index (χ0n) is 17.0. The predicted octanol–water partition coefficient (Wildman–Crippen LogP) is 1.43. The number of hydrogen-bond acceptors (Lipinski definition) is 6. The minimum absolute atomic E-state index is 0.0548. The lowest BCUT2D eigenvalue weighted by Gasteiger charge is -2.37. The Morgan fingerprint density at radius 3 is 2.16 bits per heavy atom. The van der Waals surface area contributed by atoms with E-state index in [0.29, 0.717) is 43.9 Å². The first kappa shape index (κ1) is 21.8. The molecule has 2 aliphatic rings. The Kier molecular flexibility index (Phi) is 6.05. The summed E-state index contributed by atoms with van der Waals surface area (Å²) >= 11 is 0. The minimum Gasteiger partial charge on any atom is -0.336 e. The molecule has 2 heterocycles. The van der Waals surface area contributed by atoms with Gasteiger partial charge in [-0.2, -0.15) is 0 Å². The number of nitrogens with zero attached hydrogens (tertiary/aromatic N) is 2. The average Bonchev–Trinajstić information content (AvgIpc) is 3.14. The van der Waals surface area contributed by atoms with Gasteiger partial charge in [0.05, 0.1) is 16.4 Å². The third-order valence-corrected chi connectivity index (χ3v) is 8.91. The maximum atomic E-state index is 12.8. The van der Waals surface area contributed by atoms with E-state index in [4.69, 9.17) is 0 Å². The standard InChI is InChI=1S/C21H25N3O5S2/c25-21(24-13-11-23(12-14-24)19-10-15-30(26,27)16-19)17-6-8-18(9-7-17)22-31(28,29)20-4-2-1-3-5-20/h1-9,19,22H,10-16H2. The Morgan fingerprint density at radius 2 is 1.58 bits per heavy atom. The molecule has 0 spiro atoms. The minimum atomic E-state index is -3.68. The average molecular weight is 464 g/mol. The summed E-state index contributed by atoms with van der Waals surface area (Å²) < 4.78 is 50.8. The van der Waals surface area contributed by atoms with Crippen LogP contribution >= 0.6 is 0 Å². The van der Waals surface area contributed by atoms with Crippen molar-refractivity contribution in [2.24, 2.45) is 0 Å². The lowest BCUT2D eigenvalue weighted by Crippen LogP contribution is -2.52. The van der Waals surface area contributed by atoms with Crippen molar-refractivity contribution >= 4 is 31.5 Å². The van der Waals surface area contributed by atoms with E-state index in [0.717, 1.165) is 0 Å². The quantitative estimate of drug-likeness (QED) is 0.720. The van der Waals surface area contributed by atoms with E-state index in [9.17, 15) is 21.6 Å². The maximum Gasteiger partial charge on any atom is 0.261 e. The number of rotatable bonds is 5. The van der Waals surface area contributed by atoms with Gasteiger partial charge in [0, 0.05) is 43.5 Å². The van der Waals surface area contributed by atoms with Crippen molar-refractivity contribution in [3.8, 4) is 0 Å². The zero-order valence-corrected chi connectivity index (χ0v) is 18.6. The third kappa shape index (κ3) is 5.08. The molecule has 1 atom stereocenters. The van der Waals surface area contributed by atoms with Gasteiger partial charge >= 0.3 is 0 Å². The van der Waals surface area contributed by atoms with Gasteiger partial charge in [-0.05, 0) is 42.8 Å². The van der Waals surface area contributed by atoms with Crippen LogP contribution in [0.3, 0.4) is 0 Å². The molecule has 0 aromatic heterocycles. The van der Waals surface area contributed by atoms with Crippen LogP contribution in [0.15, 0.2) is 59.5 Å². The highest BCUT2D eigenvalue weighted by atomic mass is 32.2. The fourth-order valence-electron chi connectivity index (χ4n) is 4.03. The lowest BCUT2D eigenvalue weighted by atomic mass is 10.1. The summed E-state index contributed by atoms with van der Waals surface area (Å²) in [5, 5.41) is 0. The monoisotopic (exact) mass is 463 g/mol. The number of hydrogen-bond donors (Lipinski definition) is 1. The van der Waals surface area contributed by atoms with Crippen LogP contribution < -0.4 is 4.72 Å². The molecule has 10 heteroatoms. The van der Waals surface area contributed by atoms with E-state index in [-0.39, 0.29) is 28.4 Å². The number of amides is 1. The number of piperazine rings is 1. The molecule has 2 fully saturated rings. The summed E-state index contributed by atoms with van der Waals surface area (Å²) in [5.74, 6) is 0.342. The van der Waals surface area contributed by atoms with Crippen molar-refractivity contribution < 1.29 is 21.6 Å². The van der Waals surface area contributed by atoms with Crippen LogP contribution in [0.1, 0.15) is 16.8 Å². The molecule has 4 rings (SSSR count). The van der Waals surface area contributed by atoms with Crippen LogP contribution in [0.5, 0.6) is 0 Å². The molecule has 0 saturated carbocycles. The van der Waals surface area contributed by atoms with Crippen molar-refractivity contribution in [1.29, 1.82) is 0 Å². The maximum absolute atomic E-state index is 12.8. The largest absolute Gasteiger partial charge is 0.336 e. The molecular formula is C21H25N3O5S2. The molecule has 2 aromatic rings. The number of sulfone groups is 1. The fourth-order valence-corrected chi connectivity index (χ4v) is 6.87. The first-order valence-corrected chi connectivity index (χ1v) is 13.5. The molecule has 8 nitrogen and oxygen atoms in total. The topological polar surface area (TPSA) is 104 Å². The normalized spacial score (nSPS) is 21.7. The zero-order chi connectivity index (χ0) is 22.1. The number of carbonyl (C=O) groups excluding carboxylic acids is 1. The number of benzene rings is 2. The molecule has 166 valence electrons. The number of anilines is 1. The second-order valence-corrected chi connectivity index (χ2v) is 11.8. The molecule has 0 radical (unpaired) electrons. The molecular weight excluding hydrogens is 438 g/mol. The fraction of sp³-hybridized carbons (Fsp3) is 0.381. The van der Waals surface area contributed by atoms with Crippen LogP contribution in [0.25, 0.3) is 0 Å². The van der Waals surface area contributed by atoms with Gasteiger partial charge in [-0.3, -0.25) is 14.4 Å². The van der Waals surface area contributed by atoms with Gasteiger partial charge in [-0.25, -0.2) is 16.8 Å². The van der Waals surface area contributed by atoms with Gasteiger partial charge in [-0.1, -0.05) is 18.2 Å². The molecule has 31 heavy (non-hydrogen) atoms. The molecule has 2 saturated heterocycles. The summed E-state index contributed by atoms with van der Waals surface area (Å²) in [5.41, 5.74) is 0.868. The Bertz CT molecular complexity index is 1140. The molecule has 1 unspecified atom stereocenters. The second kappa shape index (κ2) is 8.60. The van der Waals surface area contributed by atoms with Gasteiger partial charge in [0.2, 0.25) is 0 Å². The number of sulfonamides is 1. The highest BCUT2D eigenvalue weighted by molar-refractivity contribution is 7.92. The summed E-state index contributed by atoms with van der Waals surface area (Å²) in [6, 6.07) is 14.5. The Labute approximate surface area is 182 Å². The van der Waals surface area contributed by atoms with E-state index in [2.05, 4.69) is 9.62 Å². The lowest BCUT2D eigenvalue weighted by molar-refractivity contribution is 0.0588. The molecule has 0 aliphatic carbocycles. The number of carbonyl (C=O) groups is 1. The summed E-state index contributed by atoms with van der Waals surface area (Å²) in [7, 11) is -6.61. The smallest absolute Gasteiger partial charge is 0.261 e. The summed E-state index contributed by atoms with van der Waals surface area (Å²) in [6.07, 6.45) is 0.663. The van der Waals surface area contributed by atoms with Crippen molar-refractivity contribution in [3.05, 3.63) is 60.2 Å². The number of nitrogens with one attached hydrogen (secondary N) is 1. The Hall–Kier alpha value is -2.43. The summed E-state index contributed by atoms with van der Waals surface area (Å²) in [6.45, 7) is 2.39. The highest BCUT2D eigenvalue weighted by Crippen LogP contribution is 2.21. The molecule has 1 amide bonds. The molecule has 0 bridgehead atoms. The van der Waals surface area contributed by atoms with Gasteiger partial charge in [0.15, 0.2) is 9.84 Å². The van der Waals surface area contributed by atoms with Gasteiger partial charge in [-0.15, -0.1) is 0 Å². The van der Waals surface area contributed by atoms with E-state index in [1.54, 1.807) is 47.4 Å². The van der Waals surface area contributed by atoms with Crippen LogP contribution in [0.4, 0.5) is 5.69 Å². The first-order valence-electron chi connectivity index (χ1n) is 10.2. The first-order chi connectivity index (χ1) is 14.7. The van der Waals surface area contributed by atoms with Crippen molar-refractivity contribution in [3.63, 3.8) is 0 Å². The van der Waals surface area contributed by atoms with Crippen LogP contribution in [-0.4, -0.2) is 76.3 Å². The van der Waals surface area contributed by atoms with E-state index in [1.807, 2.05) is 0 Å². The Balaban J connectivity index is 1.35. The van der Waals surface area contributed by atoms with Crippen molar-refractivity contribution in [1.82, 2.24) is 9.80 Å². The van der Waals surface area contributed by atoms with Crippen LogP contribution in [-0.2, 0) is 19.9 Å². The third-order valence-electron chi connectivity index (χ3n) is 5.76. The van der Waals surface area contributed by atoms with Crippen LogP contribution in [0.2, 0.25) is 0 Å². The van der Waals surface area contributed by atoms with Crippen molar-refractivity contribution in [2.75, 3.05) is 42.4 Å². The molecule has 2 aromatic carbocycles. The van der Waals surface area contributed by atoms with Gasteiger partial charge in [0.1, 0.15) is 0 Å². The van der Waals surface area contributed by atoms with Crippen LogP contribution in [0, 0.1) is 0 Å². The Morgan fingerprint density at radius 1 is 0.935 bits per heavy atom. The molecule has 2 aliphatic heterocycles. The van der Waals surface area contributed by atoms with Gasteiger partial charge in [0.25, 0.3) is 15.9 Å². The highest BCUT2D eigenvalue weighted by Gasteiger charge is 2.34. The van der Waals surface area contributed by atoms with E-state index >= 15 is 0 Å². The summed E-state index contributed by atoms with van der Waals surface area (Å²) in [4.78, 5) is 16.9. The van der Waals surface area contributed by atoms with E-state index in [1.165, 1.54) is 12.1 Å². The van der Waals surface area contributed by atoms with Gasteiger partial charge < -0.3 is 4.90 Å². The predicted molar refractivity (Wildman–Crippen MR) is 118 cm³/mol. The van der Waals surface area contributed by atoms with Crippen molar-refractivity contribution in [2.45, 2.75) is 17.4 Å². The second-order valence-electron chi connectivity index (χ2n) is 7.88. The SMILES string of the molecule is O=C(c1ccc(NS(=O)(=O)c2ccccc2)cc1)N1CCN(C2CCS(=O)(=O)C2)CC1.